The molecule has 102 valence electrons. The standard InChI is InChI=1S/C12H24ClNO2S/c1-10(2)17(15,16)8-7-14-9-11-3-5-12(13)6-4-11/h10-12,14H,3-9H2,1-2H3. The predicted octanol–water partition coefficient (Wildman–Crippen LogP) is 2.20. The van der Waals surface area contributed by atoms with Crippen molar-refractivity contribution < 1.29 is 8.42 Å². The van der Waals surface area contributed by atoms with Crippen molar-refractivity contribution in [1.82, 2.24) is 5.32 Å². The molecule has 0 amide bonds. The summed E-state index contributed by atoms with van der Waals surface area (Å²) >= 11 is 6.04. The van der Waals surface area contributed by atoms with Gasteiger partial charge in [0.05, 0.1) is 11.0 Å². The number of hydrogen-bond acceptors (Lipinski definition) is 3. The van der Waals surface area contributed by atoms with E-state index in [2.05, 4.69) is 5.32 Å². The molecule has 5 heteroatoms. The van der Waals surface area contributed by atoms with Crippen molar-refractivity contribution in [2.24, 2.45) is 5.92 Å². The van der Waals surface area contributed by atoms with Crippen LogP contribution in [-0.2, 0) is 9.84 Å². The average molecular weight is 282 g/mol. The van der Waals surface area contributed by atoms with Gasteiger partial charge >= 0.3 is 0 Å². The topological polar surface area (TPSA) is 46.2 Å². The first-order valence-corrected chi connectivity index (χ1v) is 8.63. The van der Waals surface area contributed by atoms with Crippen molar-refractivity contribution in [3.05, 3.63) is 0 Å². The fourth-order valence-corrected chi connectivity index (χ4v) is 3.23. The number of rotatable bonds is 6. The first-order valence-electron chi connectivity index (χ1n) is 6.48. The van der Waals surface area contributed by atoms with Crippen LogP contribution in [0.5, 0.6) is 0 Å². The summed E-state index contributed by atoms with van der Waals surface area (Å²) in [6.07, 6.45) is 4.52. The zero-order valence-corrected chi connectivity index (χ0v) is 12.4. The summed E-state index contributed by atoms with van der Waals surface area (Å²) in [7, 11) is -2.89. The zero-order chi connectivity index (χ0) is 12.9. The van der Waals surface area contributed by atoms with Crippen molar-refractivity contribution in [2.75, 3.05) is 18.8 Å². The summed E-state index contributed by atoms with van der Waals surface area (Å²) in [5, 5.41) is 3.35. The summed E-state index contributed by atoms with van der Waals surface area (Å²) < 4.78 is 23.1. The number of hydrogen-bond donors (Lipinski definition) is 1. The van der Waals surface area contributed by atoms with Gasteiger partial charge in [-0.2, -0.15) is 0 Å². The molecule has 1 aliphatic carbocycles. The molecule has 0 saturated heterocycles. The quantitative estimate of drug-likeness (QED) is 0.600. The van der Waals surface area contributed by atoms with Gasteiger partial charge in [-0.3, -0.25) is 0 Å². The van der Waals surface area contributed by atoms with Crippen molar-refractivity contribution in [1.29, 1.82) is 0 Å². The van der Waals surface area contributed by atoms with Crippen LogP contribution in [0.3, 0.4) is 0 Å². The third kappa shape index (κ3) is 5.58. The monoisotopic (exact) mass is 281 g/mol. The van der Waals surface area contributed by atoms with E-state index in [1.807, 2.05) is 0 Å². The van der Waals surface area contributed by atoms with Gasteiger partial charge < -0.3 is 5.32 Å². The molecule has 17 heavy (non-hydrogen) atoms. The SMILES string of the molecule is CC(C)S(=O)(=O)CCNCC1CCC(Cl)CC1. The van der Waals surface area contributed by atoms with Crippen molar-refractivity contribution in [3.63, 3.8) is 0 Å². The molecule has 1 N–H and O–H groups in total. The molecular weight excluding hydrogens is 258 g/mol. The maximum absolute atomic E-state index is 11.6. The second kappa shape index (κ2) is 6.95. The lowest BCUT2D eigenvalue weighted by atomic mass is 9.89. The molecule has 0 aromatic rings. The Balaban J connectivity index is 2.12. The number of alkyl halides is 1. The van der Waals surface area contributed by atoms with E-state index in [4.69, 9.17) is 11.6 Å². The highest BCUT2D eigenvalue weighted by Gasteiger charge is 2.19. The van der Waals surface area contributed by atoms with Crippen LogP contribution in [0.2, 0.25) is 0 Å². The van der Waals surface area contributed by atoms with Crippen molar-refractivity contribution in [2.45, 2.75) is 50.2 Å². The Morgan fingerprint density at radius 1 is 1.24 bits per heavy atom. The highest BCUT2D eigenvalue weighted by atomic mass is 35.5. The Hall–Kier alpha value is 0.200. The van der Waals surface area contributed by atoms with Crippen LogP contribution in [0.1, 0.15) is 39.5 Å². The van der Waals surface area contributed by atoms with E-state index in [1.165, 1.54) is 0 Å². The van der Waals surface area contributed by atoms with Gasteiger partial charge in [0, 0.05) is 11.9 Å². The first kappa shape index (κ1) is 15.3. The Bertz CT molecular complexity index is 308. The predicted molar refractivity (Wildman–Crippen MR) is 73.4 cm³/mol. The molecular formula is C12H24ClNO2S. The van der Waals surface area contributed by atoms with Crippen LogP contribution >= 0.6 is 11.6 Å². The minimum Gasteiger partial charge on any atom is -0.315 e. The molecule has 0 heterocycles. The highest BCUT2D eigenvalue weighted by molar-refractivity contribution is 7.92. The molecule has 0 radical (unpaired) electrons. The van der Waals surface area contributed by atoms with Gasteiger partial charge in [0.2, 0.25) is 0 Å². The van der Waals surface area contributed by atoms with Crippen LogP contribution in [-0.4, -0.2) is 37.9 Å². The first-order chi connectivity index (χ1) is 7.92. The molecule has 0 aliphatic heterocycles. The molecule has 1 saturated carbocycles. The fraction of sp³-hybridized carbons (Fsp3) is 1.00. The average Bonchev–Trinajstić information content (AvgIpc) is 2.26. The minimum atomic E-state index is -2.89. The van der Waals surface area contributed by atoms with Crippen LogP contribution in [0.4, 0.5) is 0 Å². The molecule has 3 nitrogen and oxygen atoms in total. The molecule has 0 aromatic carbocycles. The van der Waals surface area contributed by atoms with Gasteiger partial charge in [0.15, 0.2) is 9.84 Å². The lowest BCUT2D eigenvalue weighted by molar-refractivity contribution is 0.348. The Morgan fingerprint density at radius 2 is 1.82 bits per heavy atom. The molecule has 0 spiro atoms. The van der Waals surface area contributed by atoms with Gasteiger partial charge in [-0.1, -0.05) is 0 Å². The molecule has 0 bridgehead atoms. The number of nitrogens with one attached hydrogen (secondary N) is 1. The molecule has 0 atom stereocenters. The summed E-state index contributed by atoms with van der Waals surface area (Å²) in [6, 6.07) is 0. The van der Waals surface area contributed by atoms with Gasteiger partial charge in [-0.25, -0.2) is 8.42 Å². The van der Waals surface area contributed by atoms with E-state index in [1.54, 1.807) is 13.8 Å². The summed E-state index contributed by atoms with van der Waals surface area (Å²) in [5.74, 6) is 0.918. The zero-order valence-electron chi connectivity index (χ0n) is 10.8. The van der Waals surface area contributed by atoms with Crippen LogP contribution in [0.25, 0.3) is 0 Å². The lowest BCUT2D eigenvalue weighted by Crippen LogP contribution is -2.32. The summed E-state index contributed by atoms with van der Waals surface area (Å²) in [4.78, 5) is 0. The van der Waals surface area contributed by atoms with E-state index in [0.717, 1.165) is 32.2 Å². The molecule has 1 rings (SSSR count). The summed E-state index contributed by atoms with van der Waals surface area (Å²) in [5.41, 5.74) is 0. The maximum atomic E-state index is 11.6. The van der Waals surface area contributed by atoms with Crippen molar-refractivity contribution in [3.8, 4) is 0 Å². The number of halogens is 1. The normalized spacial score (nSPS) is 26.4. The molecule has 1 aliphatic rings. The lowest BCUT2D eigenvalue weighted by Gasteiger charge is -2.25. The minimum absolute atomic E-state index is 0.246. The number of sulfone groups is 1. The van der Waals surface area contributed by atoms with E-state index in [9.17, 15) is 8.42 Å². The Labute approximate surface area is 110 Å². The second-order valence-corrected chi connectivity index (χ2v) is 8.53. The Morgan fingerprint density at radius 3 is 2.35 bits per heavy atom. The molecule has 1 fully saturated rings. The highest BCUT2D eigenvalue weighted by Crippen LogP contribution is 2.26. The smallest absolute Gasteiger partial charge is 0.153 e. The third-order valence-electron chi connectivity index (χ3n) is 3.49. The second-order valence-electron chi connectivity index (χ2n) is 5.24. The van der Waals surface area contributed by atoms with E-state index in [-0.39, 0.29) is 11.0 Å². The molecule has 0 aromatic heterocycles. The third-order valence-corrected chi connectivity index (χ3v) is 6.14. The maximum Gasteiger partial charge on any atom is 0.153 e. The van der Waals surface area contributed by atoms with Crippen LogP contribution in [0, 0.1) is 5.92 Å². The fourth-order valence-electron chi connectivity index (χ4n) is 2.08. The van der Waals surface area contributed by atoms with Crippen LogP contribution < -0.4 is 5.32 Å². The Kier molecular flexibility index (Phi) is 6.24. The van der Waals surface area contributed by atoms with Gasteiger partial charge in [-0.15, -0.1) is 11.6 Å². The summed E-state index contributed by atoms with van der Waals surface area (Å²) in [6.45, 7) is 4.96. The van der Waals surface area contributed by atoms with Gasteiger partial charge in [0.1, 0.15) is 0 Å². The van der Waals surface area contributed by atoms with Crippen LogP contribution in [0.15, 0.2) is 0 Å². The molecule has 0 unspecified atom stereocenters. The van der Waals surface area contributed by atoms with Gasteiger partial charge in [-0.05, 0) is 52.0 Å². The van der Waals surface area contributed by atoms with Crippen molar-refractivity contribution >= 4 is 21.4 Å². The van der Waals surface area contributed by atoms with E-state index in [0.29, 0.717) is 17.8 Å². The van der Waals surface area contributed by atoms with E-state index >= 15 is 0 Å². The van der Waals surface area contributed by atoms with Gasteiger partial charge in [0.25, 0.3) is 0 Å². The van der Waals surface area contributed by atoms with E-state index < -0.39 is 9.84 Å². The largest absolute Gasteiger partial charge is 0.315 e.